The smallest absolute Gasteiger partial charge is 0.321 e. The second-order valence-electron chi connectivity index (χ2n) is 4.46. The van der Waals surface area contributed by atoms with Crippen LogP contribution in [-0.2, 0) is 0 Å². The average molecular weight is 305 g/mol. The molecule has 0 amide bonds. The highest BCUT2D eigenvalue weighted by Crippen LogP contribution is 2.27. The van der Waals surface area contributed by atoms with Gasteiger partial charge < -0.3 is 16.2 Å². The summed E-state index contributed by atoms with van der Waals surface area (Å²) in [4.78, 5) is 15.8. The van der Waals surface area contributed by atoms with E-state index in [0.717, 1.165) is 0 Å². The van der Waals surface area contributed by atoms with Gasteiger partial charge in [0, 0.05) is 18.0 Å². The highest BCUT2D eigenvalue weighted by molar-refractivity contribution is 5.73. The molecule has 0 atom stereocenters. The molecule has 3 rings (SSSR count). The number of ether oxygens (including phenoxy) is 1. The Bertz CT molecular complexity index is 873. The van der Waals surface area contributed by atoms with Gasteiger partial charge in [-0.1, -0.05) is 0 Å². The van der Waals surface area contributed by atoms with E-state index in [0.29, 0.717) is 17.0 Å². The molecule has 23 heavy (non-hydrogen) atoms. The van der Waals surface area contributed by atoms with Gasteiger partial charge in [0.25, 0.3) is 0 Å². The molecule has 0 aliphatic carbocycles. The van der Waals surface area contributed by atoms with Gasteiger partial charge in [0.05, 0.1) is 5.69 Å². The van der Waals surface area contributed by atoms with Crippen LogP contribution in [0.4, 0.5) is 11.8 Å². The molecule has 1 aromatic carbocycles. The van der Waals surface area contributed by atoms with E-state index in [4.69, 9.17) is 16.2 Å². The predicted molar refractivity (Wildman–Crippen MR) is 83.1 cm³/mol. The van der Waals surface area contributed by atoms with Crippen molar-refractivity contribution >= 4 is 11.8 Å². The Morgan fingerprint density at radius 3 is 2.35 bits per heavy atom. The van der Waals surface area contributed by atoms with Crippen LogP contribution in [0.15, 0.2) is 42.7 Å². The Balaban J connectivity index is 1.93. The molecule has 112 valence electrons. The second kappa shape index (κ2) is 5.95. The number of nitrogens with two attached hydrogens (primary N) is 2. The van der Waals surface area contributed by atoms with Crippen molar-refractivity contribution in [1.82, 2.24) is 19.9 Å². The molecule has 0 aliphatic heterocycles. The fourth-order valence-corrected chi connectivity index (χ4v) is 1.94. The third-order valence-electron chi connectivity index (χ3n) is 2.95. The maximum Gasteiger partial charge on any atom is 0.321 e. The van der Waals surface area contributed by atoms with Crippen molar-refractivity contribution in [2.24, 2.45) is 0 Å². The lowest BCUT2D eigenvalue weighted by Crippen LogP contribution is -2.04. The number of nitrogens with zero attached hydrogens (tertiary/aromatic N) is 5. The second-order valence-corrected chi connectivity index (χ2v) is 4.46. The van der Waals surface area contributed by atoms with Crippen LogP contribution >= 0.6 is 0 Å². The number of nitrogen functional groups attached to an aromatic ring is 2. The molecule has 8 heteroatoms. The molecule has 2 aromatic heterocycles. The normalized spacial score (nSPS) is 10.0. The molecule has 0 radical (unpaired) electrons. The van der Waals surface area contributed by atoms with Crippen LogP contribution in [0.1, 0.15) is 5.56 Å². The lowest BCUT2D eigenvalue weighted by molar-refractivity contribution is 0.442. The van der Waals surface area contributed by atoms with Crippen LogP contribution in [0.5, 0.6) is 11.8 Å². The van der Waals surface area contributed by atoms with Gasteiger partial charge in [-0.05, 0) is 30.3 Å². The van der Waals surface area contributed by atoms with Crippen molar-refractivity contribution < 1.29 is 4.74 Å². The van der Waals surface area contributed by atoms with Crippen LogP contribution in [0.3, 0.4) is 0 Å². The maximum absolute atomic E-state index is 9.21. The summed E-state index contributed by atoms with van der Waals surface area (Å²) in [7, 11) is 0. The zero-order valence-electron chi connectivity index (χ0n) is 11.8. The minimum Gasteiger partial charge on any atom is -0.424 e. The van der Waals surface area contributed by atoms with Crippen molar-refractivity contribution in [3.63, 3.8) is 0 Å². The number of anilines is 2. The standard InChI is InChI=1S/C15H11N7O/c16-8-11-12(21-14(18)22-13(11)17)9-2-4-10(5-3-9)23-15-19-6-1-7-20-15/h1-7H,(H4,17,18,21,22). The van der Waals surface area contributed by atoms with Gasteiger partial charge >= 0.3 is 6.01 Å². The van der Waals surface area contributed by atoms with Gasteiger partial charge in [-0.25, -0.2) is 15.0 Å². The molecule has 8 nitrogen and oxygen atoms in total. The third kappa shape index (κ3) is 2.98. The van der Waals surface area contributed by atoms with Crippen LogP contribution in [-0.4, -0.2) is 19.9 Å². The van der Waals surface area contributed by atoms with E-state index >= 15 is 0 Å². The van der Waals surface area contributed by atoms with Crippen molar-refractivity contribution in [1.29, 1.82) is 5.26 Å². The number of hydrogen-bond donors (Lipinski definition) is 2. The third-order valence-corrected chi connectivity index (χ3v) is 2.95. The first kappa shape index (κ1) is 14.2. The Hall–Kier alpha value is -3.73. The van der Waals surface area contributed by atoms with Crippen molar-refractivity contribution in [3.8, 4) is 29.1 Å². The molecule has 3 aromatic rings. The molecule has 0 spiro atoms. The maximum atomic E-state index is 9.21. The number of benzene rings is 1. The first-order chi connectivity index (χ1) is 11.2. The summed E-state index contributed by atoms with van der Waals surface area (Å²) in [5.74, 6) is 0.607. The zero-order chi connectivity index (χ0) is 16.2. The molecule has 0 saturated heterocycles. The summed E-state index contributed by atoms with van der Waals surface area (Å²) < 4.78 is 5.50. The SMILES string of the molecule is N#Cc1c(N)nc(N)nc1-c1ccc(Oc2ncccn2)cc1. The fraction of sp³-hybridized carbons (Fsp3) is 0. The molecule has 4 N–H and O–H groups in total. The fourth-order valence-electron chi connectivity index (χ4n) is 1.94. The molecule has 0 unspecified atom stereocenters. The lowest BCUT2D eigenvalue weighted by atomic mass is 10.1. The molecule has 0 fully saturated rings. The van der Waals surface area contributed by atoms with Gasteiger partial charge in [0.2, 0.25) is 5.95 Å². The Kier molecular flexibility index (Phi) is 3.68. The quantitative estimate of drug-likeness (QED) is 0.746. The average Bonchev–Trinajstić information content (AvgIpc) is 2.56. The number of nitriles is 1. The van der Waals surface area contributed by atoms with E-state index in [1.54, 1.807) is 42.7 Å². The van der Waals surface area contributed by atoms with Crippen LogP contribution in [0.25, 0.3) is 11.3 Å². The first-order valence-electron chi connectivity index (χ1n) is 6.56. The summed E-state index contributed by atoms with van der Waals surface area (Å²) in [5.41, 5.74) is 12.5. The van der Waals surface area contributed by atoms with Gasteiger partial charge in [-0.15, -0.1) is 0 Å². The minimum absolute atomic E-state index is 0.00881. The summed E-state index contributed by atoms with van der Waals surface area (Å²) in [6.45, 7) is 0. The van der Waals surface area contributed by atoms with E-state index in [1.165, 1.54) is 0 Å². The van der Waals surface area contributed by atoms with E-state index in [1.807, 2.05) is 6.07 Å². The zero-order valence-corrected chi connectivity index (χ0v) is 11.8. The Labute approximate surface area is 131 Å². The van der Waals surface area contributed by atoms with Crippen LogP contribution in [0, 0.1) is 11.3 Å². The summed E-state index contributed by atoms with van der Waals surface area (Å²) >= 11 is 0. The molecule has 2 heterocycles. The molecular weight excluding hydrogens is 294 g/mol. The number of hydrogen-bond acceptors (Lipinski definition) is 8. The Morgan fingerprint density at radius 1 is 1.00 bits per heavy atom. The van der Waals surface area contributed by atoms with E-state index in [-0.39, 0.29) is 23.3 Å². The topological polar surface area (TPSA) is 137 Å². The Morgan fingerprint density at radius 2 is 1.70 bits per heavy atom. The minimum atomic E-state index is 0.00881. The summed E-state index contributed by atoms with van der Waals surface area (Å²) in [6, 6.07) is 10.8. The molecule has 0 saturated carbocycles. The van der Waals surface area contributed by atoms with Crippen LogP contribution < -0.4 is 16.2 Å². The van der Waals surface area contributed by atoms with Crippen molar-refractivity contribution in [2.75, 3.05) is 11.5 Å². The van der Waals surface area contributed by atoms with Gasteiger partial charge in [-0.2, -0.15) is 10.2 Å². The largest absolute Gasteiger partial charge is 0.424 e. The van der Waals surface area contributed by atoms with E-state index in [9.17, 15) is 5.26 Å². The van der Waals surface area contributed by atoms with E-state index in [2.05, 4.69) is 19.9 Å². The monoisotopic (exact) mass is 305 g/mol. The highest BCUT2D eigenvalue weighted by atomic mass is 16.5. The van der Waals surface area contributed by atoms with E-state index < -0.39 is 0 Å². The summed E-state index contributed by atoms with van der Waals surface area (Å²) in [5, 5.41) is 9.21. The van der Waals surface area contributed by atoms with Gasteiger partial charge in [-0.3, -0.25) is 0 Å². The predicted octanol–water partition coefficient (Wildman–Crippen LogP) is 1.76. The number of rotatable bonds is 3. The summed E-state index contributed by atoms with van der Waals surface area (Å²) in [6.07, 6.45) is 3.17. The molecule has 0 bridgehead atoms. The van der Waals surface area contributed by atoms with Crippen molar-refractivity contribution in [2.45, 2.75) is 0 Å². The van der Waals surface area contributed by atoms with Gasteiger partial charge in [0.1, 0.15) is 23.2 Å². The molecule has 0 aliphatic rings. The van der Waals surface area contributed by atoms with Crippen LogP contribution in [0.2, 0.25) is 0 Å². The molecular formula is C15H11N7O. The van der Waals surface area contributed by atoms with Crippen molar-refractivity contribution in [3.05, 3.63) is 48.3 Å². The first-order valence-corrected chi connectivity index (χ1v) is 6.56. The lowest BCUT2D eigenvalue weighted by Gasteiger charge is -2.08. The van der Waals surface area contributed by atoms with Gasteiger partial charge in [0.15, 0.2) is 0 Å². The highest BCUT2D eigenvalue weighted by Gasteiger charge is 2.13. The number of aromatic nitrogens is 4.